The maximum atomic E-state index is 5.94. The van der Waals surface area contributed by atoms with Crippen molar-refractivity contribution in [2.24, 2.45) is 0 Å². The van der Waals surface area contributed by atoms with Crippen molar-refractivity contribution in [3.05, 3.63) is 46.6 Å². The van der Waals surface area contributed by atoms with Crippen LogP contribution in [0.4, 0.5) is 5.82 Å². The van der Waals surface area contributed by atoms with Crippen molar-refractivity contribution in [1.29, 1.82) is 0 Å². The molecule has 5 heteroatoms. The van der Waals surface area contributed by atoms with Crippen LogP contribution in [0.25, 0.3) is 0 Å². The van der Waals surface area contributed by atoms with Crippen LogP contribution in [0.2, 0.25) is 0 Å². The average Bonchev–Trinajstić information content (AvgIpc) is 2.66. The van der Waals surface area contributed by atoms with E-state index in [1.807, 2.05) is 0 Å². The van der Waals surface area contributed by atoms with Crippen LogP contribution in [0.3, 0.4) is 0 Å². The molecule has 1 aliphatic carbocycles. The molecule has 144 valence electrons. The molecule has 1 saturated heterocycles. The van der Waals surface area contributed by atoms with Crippen molar-refractivity contribution in [2.45, 2.75) is 69.6 Å². The van der Waals surface area contributed by atoms with Crippen molar-refractivity contribution in [3.63, 3.8) is 0 Å². The number of rotatable bonds is 4. The molecule has 1 aromatic heterocycles. The van der Waals surface area contributed by atoms with Crippen molar-refractivity contribution in [2.75, 3.05) is 18.0 Å². The van der Waals surface area contributed by atoms with Gasteiger partial charge in [-0.1, -0.05) is 41.6 Å². The fourth-order valence-corrected chi connectivity index (χ4v) is 4.88. The molecule has 0 unspecified atom stereocenters. The van der Waals surface area contributed by atoms with Crippen LogP contribution in [0.5, 0.6) is 0 Å². The predicted octanol–water partition coefficient (Wildman–Crippen LogP) is 4.57. The Balaban J connectivity index is 1.59. The van der Waals surface area contributed by atoms with E-state index in [0.717, 1.165) is 42.7 Å². The molecule has 1 aliphatic heterocycles. The quantitative estimate of drug-likeness (QED) is 0.571. The molecule has 0 saturated carbocycles. The zero-order valence-corrected chi connectivity index (χ0v) is 17.4. The van der Waals surface area contributed by atoms with Gasteiger partial charge in [-0.25, -0.2) is 9.97 Å². The Labute approximate surface area is 166 Å². The SMILES string of the molecule is Cc1ccc(CSc2nc3c(c(N4C[C@@H](C)O[C@@H](C)C4)n2)CCCC3)cc1. The first kappa shape index (κ1) is 18.8. The summed E-state index contributed by atoms with van der Waals surface area (Å²) in [5.74, 6) is 2.07. The minimum absolute atomic E-state index is 0.242. The van der Waals surface area contributed by atoms with Crippen LogP contribution < -0.4 is 4.90 Å². The topological polar surface area (TPSA) is 38.2 Å². The summed E-state index contributed by atoms with van der Waals surface area (Å²) in [7, 11) is 0. The van der Waals surface area contributed by atoms with Crippen molar-refractivity contribution >= 4 is 17.6 Å². The number of aromatic nitrogens is 2. The van der Waals surface area contributed by atoms with Gasteiger partial charge in [0.15, 0.2) is 5.16 Å². The number of ether oxygens (including phenoxy) is 1. The van der Waals surface area contributed by atoms with Gasteiger partial charge in [0.05, 0.1) is 17.9 Å². The third kappa shape index (κ3) is 4.46. The second-order valence-electron chi connectivity index (χ2n) is 7.90. The Kier molecular flexibility index (Phi) is 5.69. The van der Waals surface area contributed by atoms with Gasteiger partial charge < -0.3 is 9.64 Å². The van der Waals surface area contributed by atoms with Gasteiger partial charge in [-0.05, 0) is 52.0 Å². The van der Waals surface area contributed by atoms with Crippen molar-refractivity contribution < 1.29 is 4.74 Å². The summed E-state index contributed by atoms with van der Waals surface area (Å²) in [5.41, 5.74) is 5.26. The van der Waals surface area contributed by atoms with Crippen LogP contribution in [-0.4, -0.2) is 35.3 Å². The lowest BCUT2D eigenvalue weighted by Gasteiger charge is -2.37. The lowest BCUT2D eigenvalue weighted by molar-refractivity contribution is -0.00556. The standard InChI is InChI=1S/C22H29N3OS/c1-15-8-10-18(11-9-15)14-27-22-23-20-7-5-4-6-19(20)21(24-22)25-12-16(2)26-17(3)13-25/h8-11,16-17H,4-7,12-14H2,1-3H3/t16-,17+. The lowest BCUT2D eigenvalue weighted by Crippen LogP contribution is -2.46. The molecule has 2 heterocycles. The normalized spacial score (nSPS) is 22.6. The van der Waals surface area contributed by atoms with E-state index >= 15 is 0 Å². The molecule has 4 rings (SSSR count). The van der Waals surface area contributed by atoms with Crippen LogP contribution >= 0.6 is 11.8 Å². The second-order valence-corrected chi connectivity index (χ2v) is 8.84. The third-order valence-electron chi connectivity index (χ3n) is 5.35. The third-order valence-corrected chi connectivity index (χ3v) is 6.27. The number of anilines is 1. The van der Waals surface area contributed by atoms with Gasteiger partial charge in [0, 0.05) is 24.4 Å². The summed E-state index contributed by atoms with van der Waals surface area (Å²) >= 11 is 1.75. The number of morpholine rings is 1. The molecule has 4 nitrogen and oxygen atoms in total. The summed E-state index contributed by atoms with van der Waals surface area (Å²) < 4.78 is 5.94. The summed E-state index contributed by atoms with van der Waals surface area (Å²) in [6.07, 6.45) is 5.15. The Morgan fingerprint density at radius 1 is 1.04 bits per heavy atom. The highest BCUT2D eigenvalue weighted by Crippen LogP contribution is 2.32. The van der Waals surface area contributed by atoms with E-state index in [-0.39, 0.29) is 12.2 Å². The van der Waals surface area contributed by atoms with Gasteiger partial charge in [-0.2, -0.15) is 0 Å². The number of aryl methyl sites for hydroxylation is 2. The van der Waals surface area contributed by atoms with Crippen LogP contribution in [-0.2, 0) is 23.3 Å². The van der Waals surface area contributed by atoms with E-state index in [9.17, 15) is 0 Å². The molecule has 1 aromatic carbocycles. The van der Waals surface area contributed by atoms with Gasteiger partial charge in [-0.3, -0.25) is 0 Å². The smallest absolute Gasteiger partial charge is 0.190 e. The molecule has 2 atom stereocenters. The fourth-order valence-electron chi connectivity index (χ4n) is 4.06. The largest absolute Gasteiger partial charge is 0.372 e. The number of thioether (sulfide) groups is 1. The Bertz CT molecular complexity index is 783. The molecule has 0 bridgehead atoms. The molecule has 1 fully saturated rings. The molecular formula is C22H29N3OS. The first-order valence-electron chi connectivity index (χ1n) is 10.1. The zero-order chi connectivity index (χ0) is 18.8. The molecule has 0 N–H and O–H groups in total. The lowest BCUT2D eigenvalue weighted by atomic mass is 9.96. The van der Waals surface area contributed by atoms with E-state index in [4.69, 9.17) is 14.7 Å². The van der Waals surface area contributed by atoms with Crippen LogP contribution in [0, 0.1) is 6.92 Å². The summed E-state index contributed by atoms with van der Waals surface area (Å²) in [5, 5.41) is 0.915. The number of hydrogen-bond donors (Lipinski definition) is 0. The minimum atomic E-state index is 0.242. The monoisotopic (exact) mass is 383 g/mol. The first-order valence-corrected chi connectivity index (χ1v) is 11.1. The number of fused-ring (bicyclic) bond motifs is 1. The van der Waals surface area contributed by atoms with Crippen molar-refractivity contribution in [1.82, 2.24) is 9.97 Å². The maximum Gasteiger partial charge on any atom is 0.190 e. The average molecular weight is 384 g/mol. The Morgan fingerprint density at radius 3 is 2.48 bits per heavy atom. The van der Waals surface area contributed by atoms with E-state index < -0.39 is 0 Å². The maximum absolute atomic E-state index is 5.94. The second kappa shape index (κ2) is 8.19. The van der Waals surface area contributed by atoms with Gasteiger partial charge in [0.2, 0.25) is 0 Å². The molecular weight excluding hydrogens is 354 g/mol. The van der Waals surface area contributed by atoms with E-state index in [1.54, 1.807) is 11.8 Å². The zero-order valence-electron chi connectivity index (χ0n) is 16.6. The van der Waals surface area contributed by atoms with E-state index in [0.29, 0.717) is 0 Å². The minimum Gasteiger partial charge on any atom is -0.372 e. The number of benzene rings is 1. The molecule has 0 spiro atoms. The first-order chi connectivity index (χ1) is 13.1. The van der Waals surface area contributed by atoms with Crippen LogP contribution in [0.1, 0.15) is 49.1 Å². The van der Waals surface area contributed by atoms with Gasteiger partial charge in [0.1, 0.15) is 5.82 Å². The Morgan fingerprint density at radius 2 is 1.74 bits per heavy atom. The van der Waals surface area contributed by atoms with Crippen molar-refractivity contribution in [3.8, 4) is 0 Å². The Hall–Kier alpha value is -1.59. The van der Waals surface area contributed by atoms with Gasteiger partial charge in [0.25, 0.3) is 0 Å². The highest BCUT2D eigenvalue weighted by atomic mass is 32.2. The van der Waals surface area contributed by atoms with Gasteiger partial charge >= 0.3 is 0 Å². The summed E-state index contributed by atoms with van der Waals surface area (Å²) in [6, 6.07) is 8.75. The molecule has 2 aliphatic rings. The predicted molar refractivity (Wildman–Crippen MR) is 112 cm³/mol. The number of hydrogen-bond acceptors (Lipinski definition) is 5. The summed E-state index contributed by atoms with van der Waals surface area (Å²) in [6.45, 7) is 8.26. The molecule has 0 radical (unpaired) electrons. The highest BCUT2D eigenvalue weighted by Gasteiger charge is 2.28. The highest BCUT2D eigenvalue weighted by molar-refractivity contribution is 7.98. The van der Waals surface area contributed by atoms with Gasteiger partial charge in [-0.15, -0.1) is 0 Å². The molecule has 27 heavy (non-hydrogen) atoms. The fraction of sp³-hybridized carbons (Fsp3) is 0.545. The summed E-state index contributed by atoms with van der Waals surface area (Å²) in [4.78, 5) is 12.4. The molecule has 0 amide bonds. The van der Waals surface area contributed by atoms with Crippen LogP contribution in [0.15, 0.2) is 29.4 Å². The molecule has 2 aromatic rings. The van der Waals surface area contributed by atoms with E-state index in [1.165, 1.54) is 35.2 Å². The number of nitrogens with zero attached hydrogens (tertiary/aromatic N) is 3. The van der Waals surface area contributed by atoms with E-state index in [2.05, 4.69) is 49.9 Å².